The summed E-state index contributed by atoms with van der Waals surface area (Å²) in [6, 6.07) is 6.96. The van der Waals surface area contributed by atoms with E-state index in [4.69, 9.17) is 0 Å². The largest absolute Gasteiger partial charge is 0.416 e. The fraction of sp³-hybridized carbons (Fsp3) is 0.316. The molecule has 0 atom stereocenters. The van der Waals surface area contributed by atoms with E-state index in [0.717, 1.165) is 6.07 Å². The van der Waals surface area contributed by atoms with Gasteiger partial charge in [-0.15, -0.1) is 0 Å². The van der Waals surface area contributed by atoms with Gasteiger partial charge in [0.2, 0.25) is 0 Å². The molecule has 0 aliphatic carbocycles. The molecule has 0 fully saturated rings. The molecule has 0 radical (unpaired) electrons. The van der Waals surface area contributed by atoms with Gasteiger partial charge in [0, 0.05) is 29.9 Å². The second kappa shape index (κ2) is 7.68. The first-order chi connectivity index (χ1) is 12.1. The van der Waals surface area contributed by atoms with Crippen molar-refractivity contribution in [2.24, 2.45) is 0 Å². The van der Waals surface area contributed by atoms with Crippen LogP contribution in [0.4, 0.5) is 13.2 Å². The van der Waals surface area contributed by atoms with Crippen LogP contribution in [0.2, 0.25) is 0 Å². The van der Waals surface area contributed by atoms with Crippen LogP contribution in [0.5, 0.6) is 0 Å². The number of ketones is 1. The van der Waals surface area contributed by atoms with Gasteiger partial charge in [-0.25, -0.2) is 0 Å². The van der Waals surface area contributed by atoms with E-state index >= 15 is 0 Å². The average Bonchev–Trinajstić information content (AvgIpc) is 2.51. The molecule has 0 aliphatic rings. The third kappa shape index (κ3) is 4.91. The number of amides is 1. The summed E-state index contributed by atoms with van der Waals surface area (Å²) in [5.41, 5.74) is 1.15. The zero-order valence-corrected chi connectivity index (χ0v) is 14.7. The number of Topliss-reactive ketones (excluding diaryl/α,β-unsaturated/α-hetero) is 1. The first kappa shape index (κ1) is 19.6. The van der Waals surface area contributed by atoms with Gasteiger partial charge in [-0.1, -0.05) is 12.1 Å². The molecule has 138 valence electrons. The molecule has 1 N–H and O–H groups in total. The maximum atomic E-state index is 13.0. The van der Waals surface area contributed by atoms with Crippen molar-refractivity contribution in [3.8, 4) is 0 Å². The Morgan fingerprint density at radius 2 is 1.85 bits per heavy atom. The van der Waals surface area contributed by atoms with E-state index in [9.17, 15) is 22.8 Å². The Hall–Kier alpha value is -2.70. The summed E-state index contributed by atoms with van der Waals surface area (Å²) in [7, 11) is 0. The Bertz CT molecular complexity index is 845. The molecule has 26 heavy (non-hydrogen) atoms. The number of carbonyl (C=O) groups excluding carboxylic acids is 2. The summed E-state index contributed by atoms with van der Waals surface area (Å²) in [6.07, 6.45) is -4.32. The minimum Gasteiger partial charge on any atom is -0.348 e. The van der Waals surface area contributed by atoms with Gasteiger partial charge in [0.05, 0.1) is 5.56 Å². The minimum atomic E-state index is -4.44. The lowest BCUT2D eigenvalue weighted by Crippen LogP contribution is -2.24. The molecule has 1 heterocycles. The maximum absolute atomic E-state index is 13.0. The highest BCUT2D eigenvalue weighted by atomic mass is 19.4. The number of nitrogens with one attached hydrogen (secondary N) is 1. The lowest BCUT2D eigenvalue weighted by atomic mass is 10.0. The lowest BCUT2D eigenvalue weighted by Gasteiger charge is -2.14. The number of hydrogen-bond donors (Lipinski definition) is 1. The highest BCUT2D eigenvalue weighted by Crippen LogP contribution is 2.32. The van der Waals surface area contributed by atoms with E-state index in [-0.39, 0.29) is 24.3 Å². The van der Waals surface area contributed by atoms with Crippen LogP contribution in [0.1, 0.15) is 45.4 Å². The van der Waals surface area contributed by atoms with Crippen molar-refractivity contribution in [3.05, 3.63) is 64.0 Å². The normalized spacial score (nSPS) is 11.3. The van der Waals surface area contributed by atoms with E-state index < -0.39 is 17.6 Å². The van der Waals surface area contributed by atoms with E-state index in [2.05, 4.69) is 10.3 Å². The Labute approximate surface area is 149 Å². The quantitative estimate of drug-likeness (QED) is 0.878. The zero-order chi connectivity index (χ0) is 19.5. The van der Waals surface area contributed by atoms with Crippen LogP contribution in [0.15, 0.2) is 30.3 Å². The van der Waals surface area contributed by atoms with Gasteiger partial charge in [-0.05, 0) is 50.1 Å². The topological polar surface area (TPSA) is 59.1 Å². The molecule has 1 aromatic carbocycles. The van der Waals surface area contributed by atoms with E-state index in [1.807, 2.05) is 0 Å². The number of benzene rings is 1. The molecule has 7 heteroatoms. The van der Waals surface area contributed by atoms with Crippen LogP contribution in [0.25, 0.3) is 0 Å². The second-order valence-electron chi connectivity index (χ2n) is 6.14. The van der Waals surface area contributed by atoms with Crippen LogP contribution >= 0.6 is 0 Å². The van der Waals surface area contributed by atoms with Gasteiger partial charge >= 0.3 is 6.18 Å². The van der Waals surface area contributed by atoms with Crippen LogP contribution in [-0.4, -0.2) is 16.7 Å². The predicted octanol–water partition coefficient (Wildman–Crippen LogP) is 3.78. The Balaban J connectivity index is 2.17. The molecule has 1 amide bonds. The average molecular weight is 364 g/mol. The first-order valence-electron chi connectivity index (χ1n) is 7.99. The SMILES string of the molecule is CC(=O)Cc1cc(C(=O)NCc2cccc(C(F)(F)F)c2C)cc(C)n1. The predicted molar refractivity (Wildman–Crippen MR) is 90.7 cm³/mol. The molecule has 0 aliphatic heterocycles. The standard InChI is InChI=1S/C19H19F3N2O2/c1-11-7-15(9-16(24-11)8-12(2)25)18(26)23-10-14-5-4-6-17(13(14)3)19(20,21)22/h4-7,9H,8,10H2,1-3H3,(H,23,26). The second-order valence-corrected chi connectivity index (χ2v) is 6.14. The molecule has 0 bridgehead atoms. The molecule has 0 saturated carbocycles. The van der Waals surface area contributed by atoms with Gasteiger partial charge in [0.1, 0.15) is 5.78 Å². The molecule has 2 aromatic rings. The number of pyridine rings is 1. The van der Waals surface area contributed by atoms with Crippen molar-refractivity contribution in [2.75, 3.05) is 0 Å². The van der Waals surface area contributed by atoms with Crippen molar-refractivity contribution in [3.63, 3.8) is 0 Å². The van der Waals surface area contributed by atoms with Gasteiger partial charge in [-0.3, -0.25) is 14.6 Å². The van der Waals surface area contributed by atoms with Gasteiger partial charge < -0.3 is 5.32 Å². The summed E-state index contributed by atoms with van der Waals surface area (Å²) < 4.78 is 38.9. The molecule has 4 nitrogen and oxygen atoms in total. The number of rotatable bonds is 5. The van der Waals surface area contributed by atoms with Crippen LogP contribution in [0.3, 0.4) is 0 Å². The number of aryl methyl sites for hydroxylation is 1. The number of halogens is 3. The number of hydrogen-bond acceptors (Lipinski definition) is 3. The van der Waals surface area contributed by atoms with E-state index in [0.29, 0.717) is 22.5 Å². The molecule has 0 saturated heterocycles. The van der Waals surface area contributed by atoms with Crippen LogP contribution in [0, 0.1) is 13.8 Å². The number of nitrogens with zero attached hydrogens (tertiary/aromatic N) is 1. The Morgan fingerprint density at radius 3 is 2.46 bits per heavy atom. The van der Waals surface area contributed by atoms with Gasteiger partial charge in [0.25, 0.3) is 5.91 Å². The van der Waals surface area contributed by atoms with Crippen molar-refractivity contribution in [1.82, 2.24) is 10.3 Å². The van der Waals surface area contributed by atoms with E-state index in [1.54, 1.807) is 19.1 Å². The molecule has 2 rings (SSSR count). The minimum absolute atomic E-state index is 0.0298. The smallest absolute Gasteiger partial charge is 0.348 e. The highest BCUT2D eigenvalue weighted by Gasteiger charge is 2.32. The molecular weight excluding hydrogens is 345 g/mol. The van der Waals surface area contributed by atoms with Crippen LogP contribution in [-0.2, 0) is 23.9 Å². The third-order valence-electron chi connectivity index (χ3n) is 3.89. The summed E-state index contributed by atoms with van der Waals surface area (Å²) in [5, 5.41) is 2.62. The number of carbonyl (C=O) groups is 2. The summed E-state index contributed by atoms with van der Waals surface area (Å²) in [5.74, 6) is -0.508. The van der Waals surface area contributed by atoms with Crippen molar-refractivity contribution in [2.45, 2.75) is 39.9 Å². The fourth-order valence-corrected chi connectivity index (χ4v) is 2.67. The lowest BCUT2D eigenvalue weighted by molar-refractivity contribution is -0.138. The maximum Gasteiger partial charge on any atom is 0.416 e. The van der Waals surface area contributed by atoms with Crippen LogP contribution < -0.4 is 5.32 Å². The van der Waals surface area contributed by atoms with Crippen molar-refractivity contribution >= 4 is 11.7 Å². The van der Waals surface area contributed by atoms with E-state index in [1.165, 1.54) is 26.0 Å². The first-order valence-corrected chi connectivity index (χ1v) is 7.99. The number of alkyl halides is 3. The third-order valence-corrected chi connectivity index (χ3v) is 3.89. The molecule has 0 unspecified atom stereocenters. The van der Waals surface area contributed by atoms with Crippen molar-refractivity contribution in [1.29, 1.82) is 0 Å². The summed E-state index contributed by atoms with van der Waals surface area (Å²) in [4.78, 5) is 27.8. The highest BCUT2D eigenvalue weighted by molar-refractivity contribution is 5.94. The summed E-state index contributed by atoms with van der Waals surface area (Å²) >= 11 is 0. The zero-order valence-electron chi connectivity index (χ0n) is 14.7. The molecule has 1 aromatic heterocycles. The monoisotopic (exact) mass is 364 g/mol. The van der Waals surface area contributed by atoms with Gasteiger partial charge in [0.15, 0.2) is 0 Å². The summed E-state index contributed by atoms with van der Waals surface area (Å²) in [6.45, 7) is 4.49. The Morgan fingerprint density at radius 1 is 1.15 bits per heavy atom. The number of aromatic nitrogens is 1. The molecular formula is C19H19F3N2O2. The molecule has 0 spiro atoms. The van der Waals surface area contributed by atoms with Gasteiger partial charge in [-0.2, -0.15) is 13.2 Å². The Kier molecular flexibility index (Phi) is 5.79. The van der Waals surface area contributed by atoms with Crippen molar-refractivity contribution < 1.29 is 22.8 Å². The fourth-order valence-electron chi connectivity index (χ4n) is 2.67.